The summed E-state index contributed by atoms with van der Waals surface area (Å²) >= 11 is 6.00. The highest BCUT2D eigenvalue weighted by Gasteiger charge is 2.07. The lowest BCUT2D eigenvalue weighted by molar-refractivity contribution is 0.248. The Morgan fingerprint density at radius 3 is 2.72 bits per heavy atom. The summed E-state index contributed by atoms with van der Waals surface area (Å²) in [5.41, 5.74) is 7.61. The van der Waals surface area contributed by atoms with Gasteiger partial charge in [-0.25, -0.2) is 0 Å². The van der Waals surface area contributed by atoms with E-state index in [4.69, 9.17) is 21.8 Å². The lowest BCUT2D eigenvalue weighted by Gasteiger charge is -2.19. The van der Waals surface area contributed by atoms with E-state index in [1.165, 1.54) is 0 Å². The van der Waals surface area contributed by atoms with Crippen molar-refractivity contribution in [2.45, 2.75) is 20.0 Å². The minimum absolute atomic E-state index is 0.680. The summed E-state index contributed by atoms with van der Waals surface area (Å²) in [6.07, 6.45) is 1.69. The van der Waals surface area contributed by atoms with E-state index in [2.05, 4.69) is 11.8 Å². The molecule has 0 saturated carbocycles. The number of furan rings is 1. The Hall–Kier alpha value is -1.45. The third kappa shape index (κ3) is 3.52. The van der Waals surface area contributed by atoms with Crippen molar-refractivity contribution in [2.75, 3.05) is 12.3 Å². The van der Waals surface area contributed by atoms with Crippen molar-refractivity contribution >= 4 is 17.3 Å². The highest BCUT2D eigenvalue weighted by atomic mass is 35.5. The van der Waals surface area contributed by atoms with Gasteiger partial charge < -0.3 is 10.2 Å². The van der Waals surface area contributed by atoms with Crippen LogP contribution in [0, 0.1) is 0 Å². The topological polar surface area (TPSA) is 42.4 Å². The fourth-order valence-corrected chi connectivity index (χ4v) is 2.19. The molecule has 96 valence electrons. The van der Waals surface area contributed by atoms with Crippen LogP contribution in [-0.4, -0.2) is 11.4 Å². The molecule has 0 saturated heterocycles. The number of anilines is 1. The summed E-state index contributed by atoms with van der Waals surface area (Å²) in [5, 5.41) is 0.680. The van der Waals surface area contributed by atoms with Crippen LogP contribution in [0.4, 0.5) is 5.69 Å². The first kappa shape index (κ1) is 13.0. The molecule has 1 aromatic heterocycles. The highest BCUT2D eigenvalue weighted by Crippen LogP contribution is 2.18. The Morgan fingerprint density at radius 2 is 2.11 bits per heavy atom. The number of halogens is 1. The van der Waals surface area contributed by atoms with E-state index in [0.717, 1.165) is 31.0 Å². The normalized spacial score (nSPS) is 11.1. The zero-order valence-electron chi connectivity index (χ0n) is 10.4. The summed E-state index contributed by atoms with van der Waals surface area (Å²) in [4.78, 5) is 2.27. The quantitative estimate of drug-likeness (QED) is 0.840. The molecule has 2 rings (SSSR count). The summed E-state index contributed by atoms with van der Waals surface area (Å²) in [6, 6.07) is 9.54. The van der Waals surface area contributed by atoms with Crippen molar-refractivity contribution in [1.82, 2.24) is 4.90 Å². The zero-order chi connectivity index (χ0) is 13.0. The lowest BCUT2D eigenvalue weighted by Crippen LogP contribution is -2.22. The van der Waals surface area contributed by atoms with Crippen LogP contribution in [0.1, 0.15) is 18.2 Å². The Kier molecular flexibility index (Phi) is 4.28. The summed E-state index contributed by atoms with van der Waals surface area (Å²) in [5.74, 6) is 0.965. The van der Waals surface area contributed by atoms with Gasteiger partial charge in [-0.3, -0.25) is 4.90 Å². The number of nitrogen functional groups attached to an aromatic ring is 1. The predicted molar refractivity (Wildman–Crippen MR) is 74.4 cm³/mol. The molecule has 2 aromatic rings. The van der Waals surface area contributed by atoms with E-state index in [-0.39, 0.29) is 0 Å². The molecule has 2 N–H and O–H groups in total. The molecule has 0 atom stereocenters. The molecule has 1 aromatic carbocycles. The van der Waals surface area contributed by atoms with Crippen molar-refractivity contribution in [1.29, 1.82) is 0 Å². The third-order valence-electron chi connectivity index (χ3n) is 2.79. The first-order valence-electron chi connectivity index (χ1n) is 5.97. The molecule has 18 heavy (non-hydrogen) atoms. The van der Waals surface area contributed by atoms with Crippen LogP contribution >= 0.6 is 11.6 Å². The Balaban J connectivity index is 2.05. The number of hydrogen-bond donors (Lipinski definition) is 1. The molecule has 0 amide bonds. The van der Waals surface area contributed by atoms with Gasteiger partial charge in [0.15, 0.2) is 0 Å². The van der Waals surface area contributed by atoms with Crippen LogP contribution < -0.4 is 5.73 Å². The van der Waals surface area contributed by atoms with Gasteiger partial charge in [0.25, 0.3) is 0 Å². The van der Waals surface area contributed by atoms with E-state index >= 15 is 0 Å². The number of benzene rings is 1. The molecular formula is C14H17ClN2O. The molecular weight excluding hydrogens is 248 g/mol. The number of nitrogens with zero attached hydrogens (tertiary/aromatic N) is 1. The molecule has 0 radical (unpaired) electrons. The van der Waals surface area contributed by atoms with Gasteiger partial charge in [0.1, 0.15) is 5.76 Å². The largest absolute Gasteiger partial charge is 0.468 e. The number of rotatable bonds is 5. The average Bonchev–Trinajstić information content (AvgIpc) is 2.79. The van der Waals surface area contributed by atoms with Crippen LogP contribution in [0.5, 0.6) is 0 Å². The van der Waals surface area contributed by atoms with Crippen molar-refractivity contribution in [2.24, 2.45) is 0 Å². The Bertz CT molecular complexity index is 476. The lowest BCUT2D eigenvalue weighted by atomic mass is 10.2. The molecule has 0 fully saturated rings. The minimum atomic E-state index is 0.680. The molecule has 4 heteroatoms. The number of hydrogen-bond acceptors (Lipinski definition) is 3. The standard InChI is InChI=1S/C14H17ClN2O/c1-2-17(10-14-4-3-5-18-14)9-11-6-12(15)8-13(16)7-11/h3-8H,2,9-10,16H2,1H3. The van der Waals surface area contributed by atoms with Crippen molar-refractivity contribution < 1.29 is 4.42 Å². The third-order valence-corrected chi connectivity index (χ3v) is 3.01. The second-order valence-electron chi connectivity index (χ2n) is 4.28. The SMILES string of the molecule is CCN(Cc1cc(N)cc(Cl)c1)Cc1ccco1. The van der Waals surface area contributed by atoms with E-state index in [1.54, 1.807) is 12.3 Å². The second kappa shape index (κ2) is 5.94. The highest BCUT2D eigenvalue weighted by molar-refractivity contribution is 6.30. The van der Waals surface area contributed by atoms with E-state index in [1.807, 2.05) is 24.3 Å². The monoisotopic (exact) mass is 264 g/mol. The first-order chi connectivity index (χ1) is 8.67. The van der Waals surface area contributed by atoms with Gasteiger partial charge in [0.2, 0.25) is 0 Å². The Morgan fingerprint density at radius 1 is 1.28 bits per heavy atom. The van der Waals surface area contributed by atoms with Crippen molar-refractivity contribution in [3.8, 4) is 0 Å². The smallest absolute Gasteiger partial charge is 0.117 e. The van der Waals surface area contributed by atoms with Gasteiger partial charge in [0.05, 0.1) is 12.8 Å². The van der Waals surface area contributed by atoms with Crippen molar-refractivity contribution in [3.05, 3.63) is 52.9 Å². The average molecular weight is 265 g/mol. The van der Waals surface area contributed by atoms with Gasteiger partial charge in [-0.2, -0.15) is 0 Å². The predicted octanol–water partition coefficient (Wildman–Crippen LogP) is 3.54. The van der Waals surface area contributed by atoms with Crippen molar-refractivity contribution in [3.63, 3.8) is 0 Å². The molecule has 0 bridgehead atoms. The summed E-state index contributed by atoms with van der Waals surface area (Å²) < 4.78 is 5.36. The van der Waals surface area contributed by atoms with E-state index in [0.29, 0.717) is 10.7 Å². The van der Waals surface area contributed by atoms with Crippen LogP contribution in [0.2, 0.25) is 5.02 Å². The molecule has 3 nitrogen and oxygen atoms in total. The fourth-order valence-electron chi connectivity index (χ4n) is 1.93. The molecule has 0 aliphatic heterocycles. The zero-order valence-corrected chi connectivity index (χ0v) is 11.2. The molecule has 0 spiro atoms. The van der Waals surface area contributed by atoms with Gasteiger partial charge in [-0.1, -0.05) is 18.5 Å². The maximum Gasteiger partial charge on any atom is 0.117 e. The summed E-state index contributed by atoms with van der Waals surface area (Å²) in [7, 11) is 0. The second-order valence-corrected chi connectivity index (χ2v) is 4.71. The van der Waals surface area contributed by atoms with E-state index in [9.17, 15) is 0 Å². The van der Waals surface area contributed by atoms with Gasteiger partial charge in [0, 0.05) is 17.3 Å². The summed E-state index contributed by atoms with van der Waals surface area (Å²) in [6.45, 7) is 4.65. The Labute approximate surface area is 112 Å². The van der Waals surface area contributed by atoms with Gasteiger partial charge in [-0.05, 0) is 42.4 Å². The van der Waals surface area contributed by atoms with E-state index < -0.39 is 0 Å². The maximum absolute atomic E-state index is 6.00. The fraction of sp³-hybridized carbons (Fsp3) is 0.286. The maximum atomic E-state index is 6.00. The molecule has 0 aliphatic carbocycles. The van der Waals surface area contributed by atoms with Gasteiger partial charge >= 0.3 is 0 Å². The van der Waals surface area contributed by atoms with Crippen LogP contribution in [0.15, 0.2) is 41.0 Å². The molecule has 0 aliphatic rings. The van der Waals surface area contributed by atoms with Crippen LogP contribution in [-0.2, 0) is 13.1 Å². The molecule has 0 unspecified atom stereocenters. The molecule has 1 heterocycles. The first-order valence-corrected chi connectivity index (χ1v) is 6.35. The van der Waals surface area contributed by atoms with Crippen LogP contribution in [0.25, 0.3) is 0 Å². The van der Waals surface area contributed by atoms with Gasteiger partial charge in [-0.15, -0.1) is 0 Å². The van der Waals surface area contributed by atoms with Crippen LogP contribution in [0.3, 0.4) is 0 Å². The minimum Gasteiger partial charge on any atom is -0.468 e. The number of nitrogens with two attached hydrogens (primary N) is 1.